The van der Waals surface area contributed by atoms with Crippen molar-refractivity contribution in [2.24, 2.45) is 0 Å². The highest BCUT2D eigenvalue weighted by molar-refractivity contribution is 7.12. The molecule has 0 radical (unpaired) electrons. The normalized spacial score (nSPS) is 20.2. The van der Waals surface area contributed by atoms with E-state index < -0.39 is 6.10 Å². The topological polar surface area (TPSA) is 53.7 Å². The molecular formula is C15H17NO3S. The zero-order valence-corrected chi connectivity index (χ0v) is 11.9. The van der Waals surface area contributed by atoms with E-state index in [1.54, 1.807) is 18.4 Å². The summed E-state index contributed by atoms with van der Waals surface area (Å²) in [5.41, 5.74) is 0. The molecule has 106 valence electrons. The van der Waals surface area contributed by atoms with Crippen LogP contribution in [0.15, 0.2) is 40.3 Å². The van der Waals surface area contributed by atoms with Gasteiger partial charge in [-0.3, -0.25) is 4.79 Å². The molecule has 1 N–H and O–H groups in total. The number of likely N-dealkylation sites (tertiary alicyclic amines) is 1. The molecule has 3 heterocycles. The predicted molar refractivity (Wildman–Crippen MR) is 76.7 cm³/mol. The average molecular weight is 291 g/mol. The maximum atomic E-state index is 12.4. The first-order valence-electron chi connectivity index (χ1n) is 6.81. The van der Waals surface area contributed by atoms with Crippen LogP contribution < -0.4 is 0 Å². The highest BCUT2D eigenvalue weighted by atomic mass is 32.1. The monoisotopic (exact) mass is 291 g/mol. The first-order valence-corrected chi connectivity index (χ1v) is 7.69. The lowest BCUT2D eigenvalue weighted by Crippen LogP contribution is -2.36. The van der Waals surface area contributed by atoms with Gasteiger partial charge in [-0.1, -0.05) is 6.07 Å². The summed E-state index contributed by atoms with van der Waals surface area (Å²) in [6.07, 6.45) is 3.38. The van der Waals surface area contributed by atoms with E-state index in [9.17, 15) is 9.90 Å². The summed E-state index contributed by atoms with van der Waals surface area (Å²) in [4.78, 5) is 15.1. The third-order valence-corrected chi connectivity index (χ3v) is 4.59. The van der Waals surface area contributed by atoms with Crippen molar-refractivity contribution in [2.75, 3.05) is 6.54 Å². The molecule has 1 saturated heterocycles. The summed E-state index contributed by atoms with van der Waals surface area (Å²) in [6.45, 7) is 0.770. The van der Waals surface area contributed by atoms with E-state index in [-0.39, 0.29) is 11.9 Å². The lowest BCUT2D eigenvalue weighted by Gasteiger charge is -2.25. The highest BCUT2D eigenvalue weighted by Gasteiger charge is 2.32. The van der Waals surface area contributed by atoms with Crippen molar-refractivity contribution in [3.8, 4) is 0 Å². The summed E-state index contributed by atoms with van der Waals surface area (Å²) >= 11 is 1.46. The summed E-state index contributed by atoms with van der Waals surface area (Å²) in [7, 11) is 0. The van der Waals surface area contributed by atoms with E-state index in [1.165, 1.54) is 11.3 Å². The van der Waals surface area contributed by atoms with E-state index in [1.807, 2.05) is 22.4 Å². The fourth-order valence-electron chi connectivity index (χ4n) is 2.74. The Hall–Kier alpha value is -1.59. The molecule has 2 aromatic rings. The number of thiophene rings is 1. The SMILES string of the molecule is O=C(c1cccs1)N1CCCC1CC(O)c1ccco1. The minimum atomic E-state index is -0.647. The molecule has 0 bridgehead atoms. The Morgan fingerprint density at radius 3 is 3.10 bits per heavy atom. The Balaban J connectivity index is 1.68. The number of carbonyl (C=O) groups is 1. The lowest BCUT2D eigenvalue weighted by molar-refractivity contribution is 0.0646. The standard InChI is InChI=1S/C15H17NO3S/c17-12(13-5-2-8-19-13)10-11-4-1-7-16(11)15(18)14-6-3-9-20-14/h2-3,5-6,8-9,11-12,17H,1,4,7,10H2. The molecule has 1 aliphatic rings. The first-order chi connectivity index (χ1) is 9.75. The Morgan fingerprint density at radius 2 is 2.40 bits per heavy atom. The van der Waals surface area contributed by atoms with Gasteiger partial charge in [0.15, 0.2) is 0 Å². The maximum absolute atomic E-state index is 12.4. The molecule has 0 spiro atoms. The van der Waals surface area contributed by atoms with Crippen molar-refractivity contribution in [3.63, 3.8) is 0 Å². The molecule has 3 rings (SSSR count). The molecule has 0 aliphatic carbocycles. The molecule has 1 fully saturated rings. The summed E-state index contributed by atoms with van der Waals surface area (Å²) < 4.78 is 5.22. The van der Waals surface area contributed by atoms with Gasteiger partial charge in [0.05, 0.1) is 11.1 Å². The number of hydrogen-bond acceptors (Lipinski definition) is 4. The summed E-state index contributed by atoms with van der Waals surface area (Å²) in [5, 5.41) is 12.1. The molecule has 4 nitrogen and oxygen atoms in total. The van der Waals surface area contributed by atoms with Crippen molar-refractivity contribution in [1.82, 2.24) is 4.90 Å². The van der Waals surface area contributed by atoms with Gasteiger partial charge < -0.3 is 14.4 Å². The van der Waals surface area contributed by atoms with Crippen LogP contribution in [0.1, 0.15) is 40.8 Å². The van der Waals surface area contributed by atoms with Crippen LogP contribution in [0, 0.1) is 0 Å². The number of hydrogen-bond donors (Lipinski definition) is 1. The van der Waals surface area contributed by atoms with E-state index in [4.69, 9.17) is 4.42 Å². The second-order valence-electron chi connectivity index (χ2n) is 5.04. The Kier molecular flexibility index (Phi) is 3.89. The van der Waals surface area contributed by atoms with E-state index in [0.717, 1.165) is 24.3 Å². The van der Waals surface area contributed by atoms with Crippen molar-refractivity contribution < 1.29 is 14.3 Å². The van der Waals surface area contributed by atoms with Crippen molar-refractivity contribution in [1.29, 1.82) is 0 Å². The minimum Gasteiger partial charge on any atom is -0.467 e. The van der Waals surface area contributed by atoms with Crippen LogP contribution in [-0.4, -0.2) is 28.5 Å². The molecule has 1 aliphatic heterocycles. The Morgan fingerprint density at radius 1 is 1.50 bits per heavy atom. The highest BCUT2D eigenvalue weighted by Crippen LogP contribution is 2.29. The number of furan rings is 1. The number of rotatable bonds is 4. The van der Waals surface area contributed by atoms with Crippen LogP contribution in [0.2, 0.25) is 0 Å². The third kappa shape index (κ3) is 2.64. The van der Waals surface area contributed by atoms with Crippen molar-refractivity contribution in [2.45, 2.75) is 31.4 Å². The molecule has 1 amide bonds. The second-order valence-corrected chi connectivity index (χ2v) is 5.99. The summed E-state index contributed by atoms with van der Waals surface area (Å²) in [5.74, 6) is 0.648. The van der Waals surface area contributed by atoms with Crippen LogP contribution in [0.5, 0.6) is 0 Å². The van der Waals surface area contributed by atoms with E-state index in [0.29, 0.717) is 12.2 Å². The summed E-state index contributed by atoms with van der Waals surface area (Å²) in [6, 6.07) is 7.36. The second kappa shape index (κ2) is 5.81. The largest absolute Gasteiger partial charge is 0.467 e. The molecular weight excluding hydrogens is 274 g/mol. The van der Waals surface area contributed by atoms with Crippen LogP contribution in [0.4, 0.5) is 0 Å². The number of nitrogens with zero attached hydrogens (tertiary/aromatic N) is 1. The van der Waals surface area contributed by atoms with Gasteiger partial charge in [0.1, 0.15) is 11.9 Å². The van der Waals surface area contributed by atoms with Gasteiger partial charge in [0.25, 0.3) is 5.91 Å². The number of aliphatic hydroxyl groups is 1. The molecule has 0 aromatic carbocycles. The van der Waals surface area contributed by atoms with Gasteiger partial charge in [-0.05, 0) is 36.4 Å². The van der Waals surface area contributed by atoms with Crippen LogP contribution in [0.25, 0.3) is 0 Å². The molecule has 2 atom stereocenters. The van der Waals surface area contributed by atoms with Gasteiger partial charge in [-0.15, -0.1) is 11.3 Å². The smallest absolute Gasteiger partial charge is 0.264 e. The van der Waals surface area contributed by atoms with Crippen molar-refractivity contribution in [3.05, 3.63) is 46.5 Å². The quantitative estimate of drug-likeness (QED) is 0.942. The zero-order valence-electron chi connectivity index (χ0n) is 11.1. The van der Waals surface area contributed by atoms with Crippen molar-refractivity contribution >= 4 is 17.2 Å². The lowest BCUT2D eigenvalue weighted by atomic mass is 10.1. The zero-order chi connectivity index (χ0) is 13.9. The van der Waals surface area contributed by atoms with Crippen LogP contribution >= 0.6 is 11.3 Å². The van der Waals surface area contributed by atoms with E-state index in [2.05, 4.69) is 0 Å². The van der Waals surface area contributed by atoms with Gasteiger partial charge in [0, 0.05) is 19.0 Å². The molecule has 2 unspecified atom stereocenters. The number of carbonyl (C=O) groups excluding carboxylic acids is 1. The van der Waals surface area contributed by atoms with Crippen LogP contribution in [-0.2, 0) is 0 Å². The van der Waals surface area contributed by atoms with Crippen LogP contribution in [0.3, 0.4) is 0 Å². The molecule has 20 heavy (non-hydrogen) atoms. The number of amides is 1. The fraction of sp³-hybridized carbons (Fsp3) is 0.400. The predicted octanol–water partition coefficient (Wildman–Crippen LogP) is 3.07. The number of aliphatic hydroxyl groups excluding tert-OH is 1. The van der Waals surface area contributed by atoms with Gasteiger partial charge in [-0.2, -0.15) is 0 Å². The minimum absolute atomic E-state index is 0.0779. The maximum Gasteiger partial charge on any atom is 0.264 e. The average Bonchev–Trinajstić information content (AvgIpc) is 3.20. The molecule has 0 saturated carbocycles. The molecule has 5 heteroatoms. The van der Waals surface area contributed by atoms with E-state index >= 15 is 0 Å². The Bertz CT molecular complexity index is 550. The van der Waals surface area contributed by atoms with Gasteiger partial charge >= 0.3 is 0 Å². The Labute approximate surface area is 121 Å². The third-order valence-electron chi connectivity index (χ3n) is 3.74. The van der Waals surface area contributed by atoms with Gasteiger partial charge in [0.2, 0.25) is 0 Å². The first kappa shape index (κ1) is 13.4. The molecule has 2 aromatic heterocycles. The van der Waals surface area contributed by atoms with Gasteiger partial charge in [-0.25, -0.2) is 0 Å². The fourth-order valence-corrected chi connectivity index (χ4v) is 3.42.